The van der Waals surface area contributed by atoms with E-state index in [2.05, 4.69) is 0 Å². The van der Waals surface area contributed by atoms with E-state index in [0.717, 1.165) is 32.4 Å². The van der Waals surface area contributed by atoms with E-state index in [1.165, 1.54) is 11.4 Å². The largest absolute Gasteiger partial charge is 0.497 e. The van der Waals surface area contributed by atoms with Gasteiger partial charge in [0.25, 0.3) is 0 Å². The lowest BCUT2D eigenvalue weighted by Gasteiger charge is -2.42. The van der Waals surface area contributed by atoms with Gasteiger partial charge in [0, 0.05) is 49.1 Å². The van der Waals surface area contributed by atoms with Gasteiger partial charge in [-0.15, -0.1) is 0 Å². The van der Waals surface area contributed by atoms with Crippen molar-refractivity contribution in [3.8, 4) is 11.5 Å². The maximum absolute atomic E-state index is 13.3. The van der Waals surface area contributed by atoms with Crippen molar-refractivity contribution in [3.05, 3.63) is 53.6 Å². The lowest BCUT2D eigenvalue weighted by atomic mass is 9.76. The molecule has 0 radical (unpaired) electrons. The van der Waals surface area contributed by atoms with Gasteiger partial charge < -0.3 is 14.4 Å². The molecule has 2 heterocycles. The average Bonchev–Trinajstić information content (AvgIpc) is 2.89. The van der Waals surface area contributed by atoms with E-state index in [0.29, 0.717) is 55.5 Å². The van der Waals surface area contributed by atoms with Crippen LogP contribution in [0.15, 0.2) is 53.4 Å². The van der Waals surface area contributed by atoms with E-state index >= 15 is 0 Å². The Morgan fingerprint density at radius 3 is 2.31 bits per heavy atom. The molecular weight excluding hydrogens is 488 g/mol. The van der Waals surface area contributed by atoms with Crippen LogP contribution in [-0.2, 0) is 14.8 Å². The number of benzene rings is 2. The first-order valence-electron chi connectivity index (χ1n) is 12.1. The van der Waals surface area contributed by atoms with Gasteiger partial charge in [-0.1, -0.05) is 17.7 Å². The molecule has 2 aromatic rings. The topological polar surface area (TPSA) is 76.1 Å². The van der Waals surface area contributed by atoms with Gasteiger partial charge in [0.2, 0.25) is 15.9 Å². The molecule has 2 aromatic carbocycles. The number of nitrogens with zero attached hydrogens (tertiary/aromatic N) is 2. The van der Waals surface area contributed by atoms with Gasteiger partial charge in [-0.05, 0) is 68.5 Å². The summed E-state index contributed by atoms with van der Waals surface area (Å²) in [4.78, 5) is 15.4. The van der Waals surface area contributed by atoms with Crippen LogP contribution in [0.2, 0.25) is 5.02 Å². The molecular formula is C26H33ClN2O5S. The number of rotatable bonds is 8. The van der Waals surface area contributed by atoms with Crippen molar-refractivity contribution in [2.45, 2.75) is 43.4 Å². The highest BCUT2D eigenvalue weighted by molar-refractivity contribution is 7.89. The Labute approximate surface area is 213 Å². The fourth-order valence-corrected chi connectivity index (χ4v) is 6.43. The van der Waals surface area contributed by atoms with Crippen molar-refractivity contribution in [1.29, 1.82) is 0 Å². The van der Waals surface area contributed by atoms with Crippen molar-refractivity contribution in [1.82, 2.24) is 9.21 Å². The Morgan fingerprint density at radius 1 is 0.971 bits per heavy atom. The molecule has 2 aliphatic rings. The van der Waals surface area contributed by atoms with E-state index in [9.17, 15) is 13.2 Å². The maximum atomic E-state index is 13.3. The minimum Gasteiger partial charge on any atom is -0.497 e. The standard InChI is InChI=1S/C26H33ClN2O5S/c1-33-23-6-5-7-24(18-23)35(31,32)29-16-12-26(13-17-29,19-25(30)28-14-3-2-4-15-28)20-34-22-10-8-21(27)9-11-22/h5-11,18H,2-4,12-17,19-20H2,1H3. The van der Waals surface area contributed by atoms with Gasteiger partial charge in [-0.25, -0.2) is 8.42 Å². The first-order valence-corrected chi connectivity index (χ1v) is 13.9. The first-order chi connectivity index (χ1) is 16.8. The molecule has 190 valence electrons. The summed E-state index contributed by atoms with van der Waals surface area (Å²) >= 11 is 6.00. The van der Waals surface area contributed by atoms with Crippen molar-refractivity contribution < 1.29 is 22.7 Å². The van der Waals surface area contributed by atoms with Gasteiger partial charge in [0.15, 0.2) is 0 Å². The van der Waals surface area contributed by atoms with E-state index in [-0.39, 0.29) is 10.8 Å². The smallest absolute Gasteiger partial charge is 0.243 e. The third-order valence-electron chi connectivity index (χ3n) is 7.06. The number of hydrogen-bond acceptors (Lipinski definition) is 5. The van der Waals surface area contributed by atoms with E-state index in [1.807, 2.05) is 17.0 Å². The normalized spacial score (nSPS) is 18.7. The average molecular weight is 521 g/mol. The number of sulfonamides is 1. The van der Waals surface area contributed by atoms with Crippen LogP contribution in [0, 0.1) is 5.41 Å². The summed E-state index contributed by atoms with van der Waals surface area (Å²) in [6.07, 6.45) is 4.67. The fourth-order valence-electron chi connectivity index (χ4n) is 4.83. The highest BCUT2D eigenvalue weighted by Crippen LogP contribution is 2.38. The second kappa shape index (κ2) is 11.2. The number of piperidine rings is 2. The van der Waals surface area contributed by atoms with Crippen molar-refractivity contribution in [2.24, 2.45) is 5.41 Å². The lowest BCUT2D eigenvalue weighted by molar-refractivity contribution is -0.136. The third kappa shape index (κ3) is 6.29. The van der Waals surface area contributed by atoms with Gasteiger partial charge in [-0.3, -0.25) is 4.79 Å². The van der Waals surface area contributed by atoms with Crippen LogP contribution in [0.5, 0.6) is 11.5 Å². The molecule has 9 heteroatoms. The van der Waals surface area contributed by atoms with E-state index in [4.69, 9.17) is 21.1 Å². The van der Waals surface area contributed by atoms with Gasteiger partial charge >= 0.3 is 0 Å². The molecule has 0 aromatic heterocycles. The molecule has 2 saturated heterocycles. The summed E-state index contributed by atoms with van der Waals surface area (Å²) in [5.74, 6) is 1.32. The third-order valence-corrected chi connectivity index (χ3v) is 9.20. The molecule has 4 rings (SSSR count). The van der Waals surface area contributed by atoms with E-state index in [1.54, 1.807) is 36.4 Å². The Kier molecular flexibility index (Phi) is 8.24. The highest BCUT2D eigenvalue weighted by Gasteiger charge is 2.41. The number of carbonyl (C=O) groups excluding carboxylic acids is 1. The van der Waals surface area contributed by atoms with E-state index < -0.39 is 15.4 Å². The molecule has 0 N–H and O–H groups in total. The van der Waals surface area contributed by atoms with Gasteiger partial charge in [0.05, 0.1) is 18.6 Å². The molecule has 0 saturated carbocycles. The molecule has 2 fully saturated rings. The van der Waals surface area contributed by atoms with Crippen LogP contribution in [0.25, 0.3) is 0 Å². The summed E-state index contributed by atoms with van der Waals surface area (Å²) < 4.78 is 39.4. The Bertz CT molecular complexity index is 1110. The lowest BCUT2D eigenvalue weighted by Crippen LogP contribution is -2.48. The van der Waals surface area contributed by atoms with Crippen LogP contribution in [0.3, 0.4) is 0 Å². The highest BCUT2D eigenvalue weighted by atomic mass is 35.5. The SMILES string of the molecule is COc1cccc(S(=O)(=O)N2CCC(COc3ccc(Cl)cc3)(CC(=O)N3CCCCC3)CC2)c1. The van der Waals surface area contributed by atoms with Crippen LogP contribution >= 0.6 is 11.6 Å². The Hall–Kier alpha value is -2.29. The van der Waals surface area contributed by atoms with Gasteiger partial charge in [0.1, 0.15) is 11.5 Å². The minimum absolute atomic E-state index is 0.133. The maximum Gasteiger partial charge on any atom is 0.243 e. The summed E-state index contributed by atoms with van der Waals surface area (Å²) in [6, 6.07) is 13.7. The zero-order chi connectivity index (χ0) is 24.9. The Morgan fingerprint density at radius 2 is 1.66 bits per heavy atom. The summed E-state index contributed by atoms with van der Waals surface area (Å²) in [7, 11) is -2.15. The van der Waals surface area contributed by atoms with Gasteiger partial charge in [-0.2, -0.15) is 4.31 Å². The number of likely N-dealkylation sites (tertiary alicyclic amines) is 1. The molecule has 0 unspecified atom stereocenters. The molecule has 2 aliphatic heterocycles. The number of hydrogen-bond donors (Lipinski definition) is 0. The number of ether oxygens (including phenoxy) is 2. The molecule has 0 bridgehead atoms. The monoisotopic (exact) mass is 520 g/mol. The van der Waals surface area contributed by atoms with Crippen molar-refractivity contribution in [2.75, 3.05) is 39.9 Å². The van der Waals surface area contributed by atoms with Crippen molar-refractivity contribution >= 4 is 27.5 Å². The molecule has 0 atom stereocenters. The predicted molar refractivity (Wildman–Crippen MR) is 135 cm³/mol. The minimum atomic E-state index is -3.66. The second-order valence-corrected chi connectivity index (χ2v) is 11.8. The van der Waals surface area contributed by atoms with Crippen LogP contribution in [0.4, 0.5) is 0 Å². The van der Waals surface area contributed by atoms with Crippen LogP contribution in [0.1, 0.15) is 38.5 Å². The zero-order valence-corrected chi connectivity index (χ0v) is 21.7. The molecule has 7 nitrogen and oxygen atoms in total. The first kappa shape index (κ1) is 25.8. The summed E-state index contributed by atoms with van der Waals surface area (Å²) in [6.45, 7) is 2.60. The summed E-state index contributed by atoms with van der Waals surface area (Å²) in [5.41, 5.74) is -0.436. The van der Waals surface area contributed by atoms with Crippen molar-refractivity contribution in [3.63, 3.8) is 0 Å². The zero-order valence-electron chi connectivity index (χ0n) is 20.1. The molecule has 0 spiro atoms. The molecule has 35 heavy (non-hydrogen) atoms. The summed E-state index contributed by atoms with van der Waals surface area (Å²) in [5, 5.41) is 0.628. The number of halogens is 1. The van der Waals surface area contributed by atoms with Crippen LogP contribution < -0.4 is 9.47 Å². The van der Waals surface area contributed by atoms with Crippen LogP contribution in [-0.4, -0.2) is 63.4 Å². The number of amides is 1. The number of methoxy groups -OCH3 is 1. The Balaban J connectivity index is 1.49. The second-order valence-electron chi connectivity index (χ2n) is 9.44. The fraction of sp³-hybridized carbons (Fsp3) is 0.500. The predicted octanol–water partition coefficient (Wildman–Crippen LogP) is 4.60. The molecule has 0 aliphatic carbocycles. The molecule has 1 amide bonds. The number of carbonyl (C=O) groups is 1. The quantitative estimate of drug-likeness (QED) is 0.508.